The molecule has 0 aliphatic carbocycles. The first kappa shape index (κ1) is 24.8. The molecule has 0 saturated carbocycles. The summed E-state index contributed by atoms with van der Waals surface area (Å²) in [6, 6.07) is 3.10. The molecular formula is C18H17F5N2O4S2. The van der Waals surface area contributed by atoms with E-state index >= 15 is 0 Å². The first-order chi connectivity index (χ1) is 14.4. The number of rotatable bonds is 9. The molecule has 0 radical (unpaired) electrons. The van der Waals surface area contributed by atoms with Crippen molar-refractivity contribution < 1.29 is 39.8 Å². The topological polar surface area (TPSA) is 90.7 Å². The van der Waals surface area contributed by atoms with E-state index in [1.54, 1.807) is 6.92 Å². The Labute approximate surface area is 179 Å². The maximum Gasteiger partial charge on any atom is 0.416 e. The molecule has 3 N–H and O–H groups in total. The number of nitrogens with one attached hydrogen (secondary N) is 1. The highest BCUT2D eigenvalue weighted by Crippen LogP contribution is 2.37. The van der Waals surface area contributed by atoms with Crippen LogP contribution in [0.1, 0.15) is 18.9 Å². The van der Waals surface area contributed by atoms with E-state index in [-0.39, 0.29) is 17.4 Å². The SMILES string of the molecule is C=C(NS(=O)(=O)c1cc(F)c(Oc2cc(OCCC)cc(C(F)(F)F)c2)cc1F)SN. The lowest BCUT2D eigenvalue weighted by atomic mass is 10.2. The summed E-state index contributed by atoms with van der Waals surface area (Å²) in [5.41, 5.74) is -1.13. The number of benzene rings is 2. The van der Waals surface area contributed by atoms with Crippen molar-refractivity contribution in [3.63, 3.8) is 0 Å². The van der Waals surface area contributed by atoms with E-state index in [9.17, 15) is 30.4 Å². The summed E-state index contributed by atoms with van der Waals surface area (Å²) in [5.74, 6) is -4.24. The number of hydrogen-bond donors (Lipinski definition) is 2. The van der Waals surface area contributed by atoms with Gasteiger partial charge < -0.3 is 9.47 Å². The first-order valence-electron chi connectivity index (χ1n) is 8.47. The fourth-order valence-corrected chi connectivity index (χ4v) is 3.75. The van der Waals surface area contributed by atoms with E-state index < -0.39 is 49.8 Å². The van der Waals surface area contributed by atoms with Crippen molar-refractivity contribution in [2.24, 2.45) is 5.14 Å². The monoisotopic (exact) mass is 484 g/mol. The van der Waals surface area contributed by atoms with Crippen LogP contribution in [0.25, 0.3) is 0 Å². The average Bonchev–Trinajstić information content (AvgIpc) is 2.67. The Kier molecular flexibility index (Phi) is 7.78. The highest BCUT2D eigenvalue weighted by Gasteiger charge is 2.32. The molecule has 31 heavy (non-hydrogen) atoms. The quantitative estimate of drug-likeness (QED) is 0.388. The van der Waals surface area contributed by atoms with Crippen LogP contribution in [0, 0.1) is 11.6 Å². The third-order valence-corrected chi connectivity index (χ3v) is 5.50. The molecule has 0 aromatic heterocycles. The summed E-state index contributed by atoms with van der Waals surface area (Å²) in [6.07, 6.45) is -4.23. The van der Waals surface area contributed by atoms with Crippen molar-refractivity contribution in [2.45, 2.75) is 24.4 Å². The van der Waals surface area contributed by atoms with Crippen molar-refractivity contribution in [1.29, 1.82) is 0 Å². The van der Waals surface area contributed by atoms with Gasteiger partial charge >= 0.3 is 6.18 Å². The molecule has 0 atom stereocenters. The maximum absolute atomic E-state index is 14.4. The lowest BCUT2D eigenvalue weighted by Gasteiger charge is -2.15. The van der Waals surface area contributed by atoms with Crippen LogP contribution < -0.4 is 19.3 Å². The molecule has 0 heterocycles. The third kappa shape index (κ3) is 6.48. The summed E-state index contributed by atoms with van der Waals surface area (Å²) in [5, 5.41) is 4.89. The van der Waals surface area contributed by atoms with Crippen molar-refractivity contribution in [3.8, 4) is 17.2 Å². The summed E-state index contributed by atoms with van der Waals surface area (Å²) in [6.45, 7) is 5.14. The molecule has 0 fully saturated rings. The van der Waals surface area contributed by atoms with Gasteiger partial charge in [-0.15, -0.1) is 0 Å². The van der Waals surface area contributed by atoms with Crippen LogP contribution in [0.4, 0.5) is 22.0 Å². The maximum atomic E-state index is 14.4. The normalized spacial score (nSPS) is 11.8. The molecule has 0 aliphatic heterocycles. The Morgan fingerprint density at radius 3 is 2.35 bits per heavy atom. The van der Waals surface area contributed by atoms with Gasteiger partial charge in [0, 0.05) is 18.2 Å². The molecule has 0 spiro atoms. The van der Waals surface area contributed by atoms with Crippen LogP contribution in [0.3, 0.4) is 0 Å². The Bertz CT molecular complexity index is 1080. The molecule has 0 bridgehead atoms. The standard InChI is InChI=1S/C18H17F5N2O4S2/c1-3-4-28-12-5-11(18(21,22)23)6-13(7-12)29-16-8-15(20)17(9-14(16)19)31(26,27)25-10(2)30-24/h5-9,25H,2-4,24H2,1H3. The average molecular weight is 484 g/mol. The minimum Gasteiger partial charge on any atom is -0.493 e. The van der Waals surface area contributed by atoms with Crippen molar-refractivity contribution >= 4 is 22.0 Å². The Hall–Kier alpha value is -2.51. The smallest absolute Gasteiger partial charge is 0.416 e. The molecule has 0 aliphatic rings. The van der Waals surface area contributed by atoms with Gasteiger partial charge in [-0.05, 0) is 30.5 Å². The second kappa shape index (κ2) is 9.75. The van der Waals surface area contributed by atoms with Crippen molar-refractivity contribution in [1.82, 2.24) is 4.72 Å². The van der Waals surface area contributed by atoms with Crippen LogP contribution in [-0.2, 0) is 16.2 Å². The zero-order valence-electron chi connectivity index (χ0n) is 15.9. The van der Waals surface area contributed by atoms with E-state index in [1.807, 2.05) is 4.72 Å². The van der Waals surface area contributed by atoms with Crippen LogP contribution in [0.2, 0.25) is 0 Å². The van der Waals surface area contributed by atoms with Gasteiger partial charge in [-0.25, -0.2) is 17.2 Å². The highest BCUT2D eigenvalue weighted by molar-refractivity contribution is 8.02. The summed E-state index contributed by atoms with van der Waals surface area (Å²) < 4.78 is 104. The van der Waals surface area contributed by atoms with Gasteiger partial charge in [0.2, 0.25) is 0 Å². The van der Waals surface area contributed by atoms with Gasteiger partial charge in [0.05, 0.1) is 17.2 Å². The molecule has 13 heteroatoms. The summed E-state index contributed by atoms with van der Waals surface area (Å²) in [7, 11) is -4.55. The van der Waals surface area contributed by atoms with Crippen LogP contribution in [-0.4, -0.2) is 15.0 Å². The Morgan fingerprint density at radius 2 is 1.77 bits per heavy atom. The molecule has 2 aromatic rings. The van der Waals surface area contributed by atoms with Gasteiger partial charge in [0.25, 0.3) is 10.0 Å². The third-order valence-electron chi connectivity index (χ3n) is 3.57. The van der Waals surface area contributed by atoms with Gasteiger partial charge in [-0.3, -0.25) is 9.86 Å². The predicted octanol–water partition coefficient (Wildman–Crippen LogP) is 4.92. The number of halogens is 5. The van der Waals surface area contributed by atoms with Gasteiger partial charge in [-0.1, -0.05) is 13.5 Å². The molecule has 0 unspecified atom stereocenters. The fraction of sp³-hybridized carbons (Fsp3) is 0.222. The molecule has 0 saturated heterocycles. The number of ether oxygens (including phenoxy) is 2. The zero-order valence-corrected chi connectivity index (χ0v) is 17.6. The Morgan fingerprint density at radius 1 is 1.13 bits per heavy atom. The van der Waals surface area contributed by atoms with E-state index in [2.05, 4.69) is 6.58 Å². The molecule has 6 nitrogen and oxygen atoms in total. The minimum atomic E-state index is -4.75. The van der Waals surface area contributed by atoms with Crippen LogP contribution >= 0.6 is 11.9 Å². The minimum absolute atomic E-state index is 0.121. The second-order valence-corrected chi connectivity index (χ2v) is 8.38. The molecule has 0 amide bonds. The van der Waals surface area contributed by atoms with Gasteiger partial charge in [-0.2, -0.15) is 13.2 Å². The summed E-state index contributed by atoms with van der Waals surface area (Å²) >= 11 is 0.442. The van der Waals surface area contributed by atoms with Crippen molar-refractivity contribution in [3.05, 3.63) is 59.1 Å². The lowest BCUT2D eigenvalue weighted by molar-refractivity contribution is -0.137. The molecule has 2 aromatic carbocycles. The molecular weight excluding hydrogens is 467 g/mol. The summed E-state index contributed by atoms with van der Waals surface area (Å²) in [4.78, 5) is -1.07. The lowest BCUT2D eigenvalue weighted by Crippen LogP contribution is -2.23. The van der Waals surface area contributed by atoms with E-state index in [1.165, 1.54) is 0 Å². The predicted molar refractivity (Wildman–Crippen MR) is 105 cm³/mol. The van der Waals surface area contributed by atoms with Crippen LogP contribution in [0.15, 0.2) is 46.8 Å². The number of sulfonamides is 1. The second-order valence-electron chi connectivity index (χ2n) is 6.00. The van der Waals surface area contributed by atoms with Crippen LogP contribution in [0.5, 0.6) is 17.2 Å². The Balaban J connectivity index is 2.43. The fourth-order valence-electron chi connectivity index (χ4n) is 2.25. The van der Waals surface area contributed by atoms with Crippen molar-refractivity contribution in [2.75, 3.05) is 6.61 Å². The number of hydrogen-bond acceptors (Lipinski definition) is 6. The van der Waals surface area contributed by atoms with Gasteiger partial charge in [0.1, 0.15) is 22.2 Å². The number of alkyl halides is 3. The largest absolute Gasteiger partial charge is 0.493 e. The zero-order chi connectivity index (χ0) is 23.4. The molecule has 170 valence electrons. The van der Waals surface area contributed by atoms with E-state index in [4.69, 9.17) is 14.6 Å². The number of nitrogens with two attached hydrogens (primary N) is 1. The van der Waals surface area contributed by atoms with E-state index in [0.717, 1.165) is 12.1 Å². The molecule has 2 rings (SSSR count). The highest BCUT2D eigenvalue weighted by atomic mass is 32.2. The van der Waals surface area contributed by atoms with Gasteiger partial charge in [0.15, 0.2) is 11.6 Å². The first-order valence-corrected chi connectivity index (χ1v) is 10.8. The van der Waals surface area contributed by atoms with E-state index in [0.29, 0.717) is 36.6 Å².